The first kappa shape index (κ1) is 17.7. The SMILES string of the molecule is Cc1ccc(NC(=O)c2ccc(CN)cc2)cc1C(=O)NC(C)C. The van der Waals surface area contributed by atoms with E-state index in [0.717, 1.165) is 11.1 Å². The van der Waals surface area contributed by atoms with E-state index in [-0.39, 0.29) is 17.9 Å². The van der Waals surface area contributed by atoms with Crippen LogP contribution in [0.5, 0.6) is 0 Å². The highest BCUT2D eigenvalue weighted by Gasteiger charge is 2.12. The Morgan fingerprint density at radius 2 is 1.71 bits per heavy atom. The Labute approximate surface area is 142 Å². The number of amides is 2. The van der Waals surface area contributed by atoms with E-state index < -0.39 is 0 Å². The van der Waals surface area contributed by atoms with E-state index >= 15 is 0 Å². The molecule has 0 heterocycles. The lowest BCUT2D eigenvalue weighted by molar-refractivity contribution is 0.0941. The number of carbonyl (C=O) groups is 2. The fraction of sp³-hybridized carbons (Fsp3) is 0.263. The number of anilines is 1. The Bertz CT molecular complexity index is 737. The third-order valence-electron chi connectivity index (χ3n) is 3.61. The molecule has 0 atom stereocenters. The molecule has 0 fully saturated rings. The van der Waals surface area contributed by atoms with Crippen molar-refractivity contribution in [2.45, 2.75) is 33.4 Å². The van der Waals surface area contributed by atoms with Crippen molar-refractivity contribution in [1.29, 1.82) is 0 Å². The Kier molecular flexibility index (Phi) is 5.71. The number of aryl methyl sites for hydroxylation is 1. The molecule has 0 unspecified atom stereocenters. The van der Waals surface area contributed by atoms with Gasteiger partial charge in [0.15, 0.2) is 0 Å². The van der Waals surface area contributed by atoms with E-state index in [1.165, 1.54) is 0 Å². The van der Waals surface area contributed by atoms with E-state index in [1.54, 1.807) is 24.3 Å². The van der Waals surface area contributed by atoms with Crippen LogP contribution in [-0.4, -0.2) is 17.9 Å². The Hall–Kier alpha value is -2.66. The molecule has 126 valence electrons. The molecule has 24 heavy (non-hydrogen) atoms. The number of nitrogens with two attached hydrogens (primary N) is 1. The zero-order valence-corrected chi connectivity index (χ0v) is 14.2. The minimum absolute atomic E-state index is 0.0520. The summed E-state index contributed by atoms with van der Waals surface area (Å²) in [6, 6.07) is 12.5. The van der Waals surface area contributed by atoms with Gasteiger partial charge in [-0.05, 0) is 56.2 Å². The highest BCUT2D eigenvalue weighted by Crippen LogP contribution is 2.17. The molecule has 5 nitrogen and oxygen atoms in total. The predicted molar refractivity (Wildman–Crippen MR) is 96.1 cm³/mol. The van der Waals surface area contributed by atoms with Crippen LogP contribution < -0.4 is 16.4 Å². The molecular formula is C19H23N3O2. The molecule has 0 aliphatic carbocycles. The largest absolute Gasteiger partial charge is 0.350 e. The van der Waals surface area contributed by atoms with Crippen LogP contribution in [0.15, 0.2) is 42.5 Å². The van der Waals surface area contributed by atoms with Gasteiger partial charge in [-0.15, -0.1) is 0 Å². The van der Waals surface area contributed by atoms with Crippen LogP contribution in [0.1, 0.15) is 45.7 Å². The molecule has 4 N–H and O–H groups in total. The zero-order valence-electron chi connectivity index (χ0n) is 14.2. The van der Waals surface area contributed by atoms with Crippen LogP contribution in [0.4, 0.5) is 5.69 Å². The number of hydrogen-bond donors (Lipinski definition) is 3. The van der Waals surface area contributed by atoms with Gasteiger partial charge in [-0.3, -0.25) is 9.59 Å². The van der Waals surface area contributed by atoms with Gasteiger partial charge in [0.2, 0.25) is 0 Å². The standard InChI is InChI=1S/C19H23N3O2/c1-12(2)21-19(24)17-10-16(9-4-13(17)3)22-18(23)15-7-5-14(11-20)6-8-15/h4-10,12H,11,20H2,1-3H3,(H,21,24)(H,22,23). The third-order valence-corrected chi connectivity index (χ3v) is 3.61. The van der Waals surface area contributed by atoms with Crippen molar-refractivity contribution >= 4 is 17.5 Å². The maximum absolute atomic E-state index is 12.3. The van der Waals surface area contributed by atoms with Crippen molar-refractivity contribution in [3.05, 3.63) is 64.7 Å². The van der Waals surface area contributed by atoms with Crippen molar-refractivity contribution in [2.75, 3.05) is 5.32 Å². The Morgan fingerprint density at radius 3 is 2.29 bits per heavy atom. The van der Waals surface area contributed by atoms with Crippen molar-refractivity contribution in [3.63, 3.8) is 0 Å². The second-order valence-corrected chi connectivity index (χ2v) is 6.01. The maximum atomic E-state index is 12.3. The maximum Gasteiger partial charge on any atom is 0.255 e. The van der Waals surface area contributed by atoms with Crippen LogP contribution in [0.25, 0.3) is 0 Å². The molecule has 0 aromatic heterocycles. The van der Waals surface area contributed by atoms with Crippen molar-refractivity contribution in [2.24, 2.45) is 5.73 Å². The molecular weight excluding hydrogens is 302 g/mol. The van der Waals surface area contributed by atoms with Crippen LogP contribution in [-0.2, 0) is 6.54 Å². The van der Waals surface area contributed by atoms with E-state index in [9.17, 15) is 9.59 Å². The molecule has 2 rings (SSSR count). The van der Waals surface area contributed by atoms with Crippen molar-refractivity contribution in [1.82, 2.24) is 5.32 Å². The quantitative estimate of drug-likeness (QED) is 0.790. The molecule has 2 amide bonds. The van der Waals surface area contributed by atoms with Gasteiger partial charge in [-0.2, -0.15) is 0 Å². The first-order valence-corrected chi connectivity index (χ1v) is 7.92. The van der Waals surface area contributed by atoms with E-state index in [0.29, 0.717) is 23.4 Å². The summed E-state index contributed by atoms with van der Waals surface area (Å²) in [5.41, 5.74) is 9.07. The van der Waals surface area contributed by atoms with E-state index in [1.807, 2.05) is 39.0 Å². The van der Waals surface area contributed by atoms with Crippen LogP contribution >= 0.6 is 0 Å². The minimum Gasteiger partial charge on any atom is -0.350 e. The second-order valence-electron chi connectivity index (χ2n) is 6.01. The van der Waals surface area contributed by atoms with E-state index in [2.05, 4.69) is 10.6 Å². The number of benzene rings is 2. The molecule has 5 heteroatoms. The third kappa shape index (κ3) is 4.43. The number of carbonyl (C=O) groups excluding carboxylic acids is 2. The summed E-state index contributed by atoms with van der Waals surface area (Å²) in [6.45, 7) is 6.12. The van der Waals surface area contributed by atoms with Gasteiger partial charge in [-0.1, -0.05) is 18.2 Å². The summed E-state index contributed by atoms with van der Waals surface area (Å²) >= 11 is 0. The normalized spacial score (nSPS) is 10.5. The molecule has 0 bridgehead atoms. The molecule has 0 aliphatic heterocycles. The van der Waals surface area contributed by atoms with Gasteiger partial charge in [0, 0.05) is 29.4 Å². The van der Waals surface area contributed by atoms with Gasteiger partial charge in [-0.25, -0.2) is 0 Å². The van der Waals surface area contributed by atoms with Crippen LogP contribution in [0, 0.1) is 6.92 Å². The molecule has 0 aliphatic rings. The number of rotatable bonds is 5. The smallest absolute Gasteiger partial charge is 0.255 e. The summed E-state index contributed by atoms with van der Waals surface area (Å²) in [4.78, 5) is 24.5. The van der Waals surface area contributed by atoms with Gasteiger partial charge in [0.1, 0.15) is 0 Å². The van der Waals surface area contributed by atoms with E-state index in [4.69, 9.17) is 5.73 Å². The second kappa shape index (κ2) is 7.75. The molecule has 2 aromatic rings. The summed E-state index contributed by atoms with van der Waals surface area (Å²) < 4.78 is 0. The lowest BCUT2D eigenvalue weighted by atomic mass is 10.1. The fourth-order valence-corrected chi connectivity index (χ4v) is 2.28. The van der Waals surface area contributed by atoms with Gasteiger partial charge in [0.25, 0.3) is 11.8 Å². The monoisotopic (exact) mass is 325 g/mol. The van der Waals surface area contributed by atoms with Gasteiger partial charge < -0.3 is 16.4 Å². The summed E-state index contributed by atoms with van der Waals surface area (Å²) in [7, 11) is 0. The molecule has 0 radical (unpaired) electrons. The van der Waals surface area contributed by atoms with Crippen LogP contribution in [0.2, 0.25) is 0 Å². The lowest BCUT2D eigenvalue weighted by Gasteiger charge is -2.12. The first-order chi connectivity index (χ1) is 11.4. The lowest BCUT2D eigenvalue weighted by Crippen LogP contribution is -2.30. The molecule has 2 aromatic carbocycles. The molecule has 0 saturated heterocycles. The van der Waals surface area contributed by atoms with Crippen molar-refractivity contribution < 1.29 is 9.59 Å². The molecule has 0 spiro atoms. The summed E-state index contributed by atoms with van der Waals surface area (Å²) in [6.07, 6.45) is 0. The summed E-state index contributed by atoms with van der Waals surface area (Å²) in [5, 5.41) is 5.68. The summed E-state index contributed by atoms with van der Waals surface area (Å²) in [5.74, 6) is -0.372. The topological polar surface area (TPSA) is 84.2 Å². The van der Waals surface area contributed by atoms with Crippen LogP contribution in [0.3, 0.4) is 0 Å². The Balaban J connectivity index is 2.17. The van der Waals surface area contributed by atoms with Crippen molar-refractivity contribution in [3.8, 4) is 0 Å². The highest BCUT2D eigenvalue weighted by molar-refractivity contribution is 6.05. The predicted octanol–water partition coefficient (Wildman–Crippen LogP) is 2.84. The van der Waals surface area contributed by atoms with Gasteiger partial charge in [0.05, 0.1) is 0 Å². The first-order valence-electron chi connectivity index (χ1n) is 7.92. The zero-order chi connectivity index (χ0) is 17.7. The number of hydrogen-bond acceptors (Lipinski definition) is 3. The average Bonchev–Trinajstić information content (AvgIpc) is 2.56. The highest BCUT2D eigenvalue weighted by atomic mass is 16.2. The Morgan fingerprint density at radius 1 is 1.04 bits per heavy atom. The number of nitrogens with one attached hydrogen (secondary N) is 2. The average molecular weight is 325 g/mol. The fourth-order valence-electron chi connectivity index (χ4n) is 2.28. The molecule has 0 saturated carbocycles. The minimum atomic E-state index is -0.224. The van der Waals surface area contributed by atoms with Gasteiger partial charge >= 0.3 is 0 Å².